The van der Waals surface area contributed by atoms with E-state index < -0.39 is 0 Å². The molecule has 5 heteroatoms. The topological polar surface area (TPSA) is 75.3 Å². The summed E-state index contributed by atoms with van der Waals surface area (Å²) in [5, 5.41) is 10.7. The highest BCUT2D eigenvalue weighted by atomic mass is 15.0. The quantitative estimate of drug-likeness (QED) is 0.232. The molecule has 5 nitrogen and oxygen atoms in total. The van der Waals surface area contributed by atoms with E-state index in [2.05, 4.69) is 47.5 Å². The van der Waals surface area contributed by atoms with Gasteiger partial charge in [0.25, 0.3) is 0 Å². The number of nitrogens with zero attached hydrogens (tertiary/aromatic N) is 5. The monoisotopic (exact) mass is 543 g/mol. The van der Waals surface area contributed by atoms with E-state index in [1.807, 2.05) is 42.5 Å². The molecule has 0 N–H and O–H groups in total. The first-order chi connectivity index (χ1) is 20.7. The summed E-state index contributed by atoms with van der Waals surface area (Å²) in [6, 6.07) is 29.8. The van der Waals surface area contributed by atoms with Crippen LogP contribution < -0.4 is 0 Å². The molecule has 0 radical (unpaired) electrons. The van der Waals surface area contributed by atoms with E-state index in [9.17, 15) is 5.26 Å². The Morgan fingerprint density at radius 1 is 0.619 bits per heavy atom. The Bertz CT molecular complexity index is 1820. The molecular formula is C37H29N5. The van der Waals surface area contributed by atoms with Crippen molar-refractivity contribution in [2.45, 2.75) is 37.5 Å². The van der Waals surface area contributed by atoms with Crippen LogP contribution in [0.5, 0.6) is 0 Å². The van der Waals surface area contributed by atoms with Gasteiger partial charge in [0.1, 0.15) is 0 Å². The van der Waals surface area contributed by atoms with Crippen LogP contribution in [0.25, 0.3) is 45.3 Å². The van der Waals surface area contributed by atoms with Gasteiger partial charge < -0.3 is 0 Å². The second-order valence-corrected chi connectivity index (χ2v) is 12.7. The number of rotatable bonds is 3. The lowest BCUT2D eigenvalue weighted by atomic mass is 9.43. The molecule has 1 spiro atoms. The van der Waals surface area contributed by atoms with Gasteiger partial charge in [-0.3, -0.25) is 4.98 Å². The third kappa shape index (κ3) is 3.30. The van der Waals surface area contributed by atoms with E-state index in [1.165, 1.54) is 54.4 Å². The Labute approximate surface area is 245 Å². The summed E-state index contributed by atoms with van der Waals surface area (Å²) >= 11 is 0. The van der Waals surface area contributed by atoms with E-state index >= 15 is 0 Å². The summed E-state index contributed by atoms with van der Waals surface area (Å²) in [7, 11) is 0. The molecule has 2 aromatic heterocycles. The minimum atomic E-state index is -0.0561. The first kappa shape index (κ1) is 24.0. The molecule has 5 aliphatic carbocycles. The number of fused-ring (bicyclic) bond motifs is 3. The highest BCUT2D eigenvalue weighted by Gasteiger charge is 2.62. The van der Waals surface area contributed by atoms with E-state index in [0.717, 1.165) is 34.1 Å². The number of hydrogen-bond acceptors (Lipinski definition) is 5. The van der Waals surface area contributed by atoms with E-state index in [-0.39, 0.29) is 5.41 Å². The molecule has 4 bridgehead atoms. The molecule has 4 saturated carbocycles. The molecule has 5 aromatic rings. The van der Waals surface area contributed by atoms with Gasteiger partial charge in [-0.15, -0.1) is 0 Å². The average Bonchev–Trinajstić information content (AvgIpc) is 3.34. The molecule has 0 atom stereocenters. The number of nitriles is 1. The van der Waals surface area contributed by atoms with Crippen molar-refractivity contribution in [3.63, 3.8) is 0 Å². The number of pyridine rings is 1. The van der Waals surface area contributed by atoms with Crippen molar-refractivity contribution >= 4 is 0 Å². The first-order valence-electron chi connectivity index (χ1n) is 15.1. The Balaban J connectivity index is 1.28. The zero-order valence-corrected chi connectivity index (χ0v) is 23.2. The van der Waals surface area contributed by atoms with Gasteiger partial charge in [-0.2, -0.15) is 5.26 Å². The molecule has 202 valence electrons. The third-order valence-corrected chi connectivity index (χ3v) is 10.6. The standard InChI is InChI=1S/C37H29N5/c38-21-27-19-26(36-41-34(24-6-2-1-3-7-24)40-35(42-36)25-10-12-39-13-11-25)20-31-30-8-4-5-9-32(30)37(33(27)31)28-15-22-14-23(17-28)18-29(37)16-22/h1-13,19-20,22-23,28-29H,14-18H2. The molecule has 3 aromatic carbocycles. The normalized spacial score (nSPS) is 26.2. The predicted octanol–water partition coefficient (Wildman–Crippen LogP) is 7.86. The van der Waals surface area contributed by atoms with Crippen molar-refractivity contribution in [3.05, 3.63) is 108 Å². The van der Waals surface area contributed by atoms with Gasteiger partial charge in [-0.25, -0.2) is 15.0 Å². The lowest BCUT2D eigenvalue weighted by molar-refractivity contribution is -0.0400. The van der Waals surface area contributed by atoms with Crippen molar-refractivity contribution in [3.8, 4) is 51.4 Å². The summed E-state index contributed by atoms with van der Waals surface area (Å²) in [5.74, 6) is 4.71. The summed E-state index contributed by atoms with van der Waals surface area (Å²) in [5.41, 5.74) is 8.58. The maximum absolute atomic E-state index is 10.7. The molecule has 2 heterocycles. The SMILES string of the molecule is N#Cc1cc(-c2nc(-c3ccccc3)nc(-c3ccncc3)n2)cc2c1C1(c3ccccc3-2)C2CC3CC(C2)CC1C3. The zero-order chi connectivity index (χ0) is 27.8. The van der Waals surface area contributed by atoms with Crippen LogP contribution in [-0.2, 0) is 5.41 Å². The summed E-state index contributed by atoms with van der Waals surface area (Å²) < 4.78 is 0. The van der Waals surface area contributed by atoms with Crippen molar-refractivity contribution in [2.24, 2.45) is 23.7 Å². The van der Waals surface area contributed by atoms with E-state index in [4.69, 9.17) is 15.0 Å². The van der Waals surface area contributed by atoms with Crippen LogP contribution in [0.15, 0.2) is 91.3 Å². The van der Waals surface area contributed by atoms with Crippen LogP contribution in [0.4, 0.5) is 0 Å². The number of benzene rings is 3. The highest BCUT2D eigenvalue weighted by molar-refractivity contribution is 5.87. The fraction of sp³-hybridized carbons (Fsp3) is 0.270. The fourth-order valence-corrected chi connectivity index (χ4v) is 9.36. The van der Waals surface area contributed by atoms with Crippen molar-refractivity contribution in [2.75, 3.05) is 0 Å². The number of hydrogen-bond donors (Lipinski definition) is 0. The molecule has 4 fully saturated rings. The Morgan fingerprint density at radius 3 is 1.88 bits per heavy atom. The third-order valence-electron chi connectivity index (χ3n) is 10.6. The van der Waals surface area contributed by atoms with Gasteiger partial charge in [0, 0.05) is 34.5 Å². The lowest BCUT2D eigenvalue weighted by Gasteiger charge is -2.61. The molecule has 5 aliphatic rings. The van der Waals surface area contributed by atoms with E-state index in [1.54, 1.807) is 12.4 Å². The molecule has 0 amide bonds. The van der Waals surface area contributed by atoms with Crippen LogP contribution in [-0.4, -0.2) is 19.9 Å². The van der Waals surface area contributed by atoms with Crippen molar-refractivity contribution < 1.29 is 0 Å². The van der Waals surface area contributed by atoms with Gasteiger partial charge in [0.2, 0.25) is 0 Å². The van der Waals surface area contributed by atoms with Crippen LogP contribution >= 0.6 is 0 Å². The van der Waals surface area contributed by atoms with Gasteiger partial charge in [-0.1, -0.05) is 54.6 Å². The van der Waals surface area contributed by atoms with Crippen LogP contribution in [0.3, 0.4) is 0 Å². The van der Waals surface area contributed by atoms with Crippen molar-refractivity contribution in [1.82, 2.24) is 19.9 Å². The minimum absolute atomic E-state index is 0.0561. The summed E-state index contributed by atoms with van der Waals surface area (Å²) in [4.78, 5) is 19.0. The summed E-state index contributed by atoms with van der Waals surface area (Å²) in [6.07, 6.45) is 10.1. The Kier molecular flexibility index (Phi) is 5.08. The van der Waals surface area contributed by atoms with Gasteiger partial charge in [0.15, 0.2) is 17.5 Å². The van der Waals surface area contributed by atoms with Gasteiger partial charge in [-0.05, 0) is 102 Å². The fourth-order valence-electron chi connectivity index (χ4n) is 9.36. The average molecular weight is 544 g/mol. The van der Waals surface area contributed by atoms with Crippen LogP contribution in [0, 0.1) is 35.0 Å². The molecule has 42 heavy (non-hydrogen) atoms. The smallest absolute Gasteiger partial charge is 0.164 e. The first-order valence-corrected chi connectivity index (χ1v) is 15.1. The maximum Gasteiger partial charge on any atom is 0.164 e. The number of aromatic nitrogens is 4. The second kappa shape index (κ2) is 8.90. The van der Waals surface area contributed by atoms with Crippen LogP contribution in [0.1, 0.15) is 48.8 Å². The van der Waals surface area contributed by atoms with Gasteiger partial charge >= 0.3 is 0 Å². The minimum Gasteiger partial charge on any atom is -0.265 e. The largest absolute Gasteiger partial charge is 0.265 e. The highest BCUT2D eigenvalue weighted by Crippen LogP contribution is 2.69. The molecule has 0 unspecified atom stereocenters. The Hall–Kier alpha value is -4.69. The van der Waals surface area contributed by atoms with Crippen LogP contribution in [0.2, 0.25) is 0 Å². The second-order valence-electron chi connectivity index (χ2n) is 12.7. The van der Waals surface area contributed by atoms with Crippen molar-refractivity contribution in [1.29, 1.82) is 5.26 Å². The molecule has 10 rings (SSSR count). The molecular weight excluding hydrogens is 514 g/mol. The maximum atomic E-state index is 10.7. The van der Waals surface area contributed by atoms with E-state index in [0.29, 0.717) is 29.3 Å². The van der Waals surface area contributed by atoms with Gasteiger partial charge in [0.05, 0.1) is 11.6 Å². The zero-order valence-electron chi connectivity index (χ0n) is 23.2. The lowest BCUT2D eigenvalue weighted by Crippen LogP contribution is -2.55. The Morgan fingerprint density at radius 2 is 1.21 bits per heavy atom. The molecule has 0 aliphatic heterocycles. The predicted molar refractivity (Wildman–Crippen MR) is 162 cm³/mol. The summed E-state index contributed by atoms with van der Waals surface area (Å²) in [6.45, 7) is 0. The molecule has 0 saturated heterocycles.